The first-order valence-corrected chi connectivity index (χ1v) is 8.93. The number of carbonyl (C=O) groups is 1. The standard InChI is InChI=1S/C21H24N2O2/c1-20(2)17-12-14-6-4-5-7-16(14)21(20,3)10-11-23(17)19(25)15-8-9-18(24)22-13-15/h4-9,13,17H,10-12H2,1-3H3,(H,22,24)/t17-,21+/m1/s1. The highest BCUT2D eigenvalue weighted by Crippen LogP contribution is 2.56. The lowest BCUT2D eigenvalue weighted by Gasteiger charge is -2.60. The van der Waals surface area contributed by atoms with E-state index in [9.17, 15) is 9.59 Å². The van der Waals surface area contributed by atoms with Crippen molar-refractivity contribution in [3.05, 3.63) is 69.6 Å². The maximum Gasteiger partial charge on any atom is 0.255 e. The van der Waals surface area contributed by atoms with Crippen LogP contribution in [0.25, 0.3) is 0 Å². The Bertz CT molecular complexity index is 878. The zero-order chi connectivity index (χ0) is 17.8. The second-order valence-electron chi connectivity index (χ2n) is 8.12. The Hall–Kier alpha value is -2.36. The van der Waals surface area contributed by atoms with E-state index in [1.165, 1.54) is 23.4 Å². The highest BCUT2D eigenvalue weighted by atomic mass is 16.2. The Kier molecular flexibility index (Phi) is 3.43. The van der Waals surface area contributed by atoms with Crippen LogP contribution in [0.2, 0.25) is 0 Å². The number of nitrogens with one attached hydrogen (secondary N) is 1. The van der Waals surface area contributed by atoms with Gasteiger partial charge in [-0.3, -0.25) is 9.59 Å². The third-order valence-electron chi connectivity index (χ3n) is 6.80. The van der Waals surface area contributed by atoms with Crippen molar-refractivity contribution >= 4 is 5.91 Å². The van der Waals surface area contributed by atoms with Gasteiger partial charge in [-0.2, -0.15) is 0 Å². The number of hydrogen-bond acceptors (Lipinski definition) is 2. The van der Waals surface area contributed by atoms with E-state index in [2.05, 4.69) is 50.0 Å². The van der Waals surface area contributed by atoms with Crippen molar-refractivity contribution in [1.82, 2.24) is 9.88 Å². The number of hydrogen-bond donors (Lipinski definition) is 1. The van der Waals surface area contributed by atoms with Gasteiger partial charge in [0, 0.05) is 30.3 Å². The Morgan fingerprint density at radius 1 is 1.16 bits per heavy atom. The molecule has 1 amide bonds. The second kappa shape index (κ2) is 5.32. The summed E-state index contributed by atoms with van der Waals surface area (Å²) in [6.45, 7) is 7.68. The van der Waals surface area contributed by atoms with Crippen LogP contribution in [0.5, 0.6) is 0 Å². The van der Waals surface area contributed by atoms with Crippen LogP contribution in [-0.4, -0.2) is 28.4 Å². The first-order valence-electron chi connectivity index (χ1n) is 8.93. The molecule has 1 aliphatic carbocycles. The minimum atomic E-state index is -0.185. The summed E-state index contributed by atoms with van der Waals surface area (Å²) in [5.74, 6) is 0.00996. The Morgan fingerprint density at radius 2 is 1.92 bits per heavy atom. The molecule has 1 aromatic heterocycles. The summed E-state index contributed by atoms with van der Waals surface area (Å²) in [4.78, 5) is 29.0. The van der Waals surface area contributed by atoms with Crippen LogP contribution in [-0.2, 0) is 11.8 Å². The molecule has 1 aliphatic heterocycles. The molecule has 0 spiro atoms. The lowest BCUT2D eigenvalue weighted by Crippen LogP contribution is -2.64. The van der Waals surface area contributed by atoms with Gasteiger partial charge in [0.15, 0.2) is 0 Å². The number of fused-ring (bicyclic) bond motifs is 4. The topological polar surface area (TPSA) is 53.2 Å². The van der Waals surface area contributed by atoms with E-state index in [-0.39, 0.29) is 28.3 Å². The minimum absolute atomic E-state index is 0.00996. The van der Waals surface area contributed by atoms with Gasteiger partial charge in [-0.15, -0.1) is 0 Å². The monoisotopic (exact) mass is 336 g/mol. The quantitative estimate of drug-likeness (QED) is 0.870. The van der Waals surface area contributed by atoms with Gasteiger partial charge in [-0.05, 0) is 35.4 Å². The molecule has 4 nitrogen and oxygen atoms in total. The first-order chi connectivity index (χ1) is 11.8. The van der Waals surface area contributed by atoms with Crippen LogP contribution in [0.4, 0.5) is 0 Å². The molecule has 1 saturated heterocycles. The molecule has 1 fully saturated rings. The molecule has 0 radical (unpaired) electrons. The highest BCUT2D eigenvalue weighted by molar-refractivity contribution is 5.94. The predicted molar refractivity (Wildman–Crippen MR) is 97.8 cm³/mol. The zero-order valence-electron chi connectivity index (χ0n) is 15.0. The number of piperidine rings is 1. The maximum atomic E-state index is 13.1. The molecule has 1 N–H and O–H groups in total. The van der Waals surface area contributed by atoms with E-state index in [0.29, 0.717) is 5.56 Å². The number of pyridine rings is 1. The Morgan fingerprint density at radius 3 is 2.64 bits per heavy atom. The van der Waals surface area contributed by atoms with Crippen molar-refractivity contribution in [1.29, 1.82) is 0 Å². The maximum absolute atomic E-state index is 13.1. The molecule has 2 aromatic rings. The molecule has 4 heteroatoms. The predicted octanol–water partition coefficient (Wildman–Crippen LogP) is 3.13. The smallest absolute Gasteiger partial charge is 0.255 e. The molecule has 2 heterocycles. The number of aromatic amines is 1. The van der Waals surface area contributed by atoms with Crippen molar-refractivity contribution in [2.24, 2.45) is 5.41 Å². The number of rotatable bonds is 1. The lowest BCUT2D eigenvalue weighted by atomic mass is 9.51. The summed E-state index contributed by atoms with van der Waals surface area (Å²) in [6.07, 6.45) is 3.36. The average molecular weight is 336 g/mol. The zero-order valence-corrected chi connectivity index (χ0v) is 15.0. The molecular weight excluding hydrogens is 312 g/mol. The third kappa shape index (κ3) is 2.20. The molecule has 2 atom stereocenters. The number of aromatic nitrogens is 1. The normalized spacial score (nSPS) is 26.8. The number of H-pyrrole nitrogens is 1. The van der Waals surface area contributed by atoms with Crippen molar-refractivity contribution < 1.29 is 4.79 Å². The van der Waals surface area contributed by atoms with Gasteiger partial charge in [0.1, 0.15) is 0 Å². The number of likely N-dealkylation sites (tertiary alicyclic amines) is 1. The molecule has 2 aliphatic rings. The van der Waals surface area contributed by atoms with E-state index in [4.69, 9.17) is 0 Å². The lowest BCUT2D eigenvalue weighted by molar-refractivity contribution is -0.0262. The fourth-order valence-corrected chi connectivity index (χ4v) is 4.82. The fourth-order valence-electron chi connectivity index (χ4n) is 4.82. The van der Waals surface area contributed by atoms with E-state index >= 15 is 0 Å². The summed E-state index contributed by atoms with van der Waals surface area (Å²) in [6, 6.07) is 11.9. The van der Waals surface area contributed by atoms with Gasteiger partial charge in [0.2, 0.25) is 5.56 Å². The van der Waals surface area contributed by atoms with Gasteiger partial charge in [-0.25, -0.2) is 0 Å². The molecule has 130 valence electrons. The summed E-state index contributed by atoms with van der Waals surface area (Å²) >= 11 is 0. The van der Waals surface area contributed by atoms with Crippen molar-refractivity contribution in [3.8, 4) is 0 Å². The average Bonchev–Trinajstić information content (AvgIpc) is 2.58. The first kappa shape index (κ1) is 16.1. The molecule has 0 saturated carbocycles. The Balaban J connectivity index is 1.76. The number of amides is 1. The van der Waals surface area contributed by atoms with Gasteiger partial charge in [0.25, 0.3) is 5.91 Å². The summed E-state index contributed by atoms with van der Waals surface area (Å²) in [5, 5.41) is 0. The van der Waals surface area contributed by atoms with Crippen LogP contribution >= 0.6 is 0 Å². The van der Waals surface area contributed by atoms with Gasteiger partial charge >= 0.3 is 0 Å². The largest absolute Gasteiger partial charge is 0.335 e. The van der Waals surface area contributed by atoms with E-state index < -0.39 is 0 Å². The molecule has 4 rings (SSSR count). The summed E-state index contributed by atoms with van der Waals surface area (Å²) in [5.41, 5.74) is 3.21. The van der Waals surface area contributed by atoms with E-state index in [1.807, 2.05) is 4.90 Å². The molecule has 0 unspecified atom stereocenters. The van der Waals surface area contributed by atoms with Crippen LogP contribution in [0.1, 0.15) is 48.7 Å². The molecule has 25 heavy (non-hydrogen) atoms. The number of nitrogens with zero attached hydrogens (tertiary/aromatic N) is 1. The van der Waals surface area contributed by atoms with Crippen molar-refractivity contribution in [3.63, 3.8) is 0 Å². The summed E-state index contributed by atoms with van der Waals surface area (Å²) in [7, 11) is 0. The third-order valence-corrected chi connectivity index (χ3v) is 6.80. The Labute approximate surface area is 147 Å². The fraction of sp³-hybridized carbons (Fsp3) is 0.429. The van der Waals surface area contributed by atoms with Crippen LogP contribution in [0.15, 0.2) is 47.4 Å². The van der Waals surface area contributed by atoms with Crippen LogP contribution < -0.4 is 5.56 Å². The van der Waals surface area contributed by atoms with Gasteiger partial charge in [-0.1, -0.05) is 45.0 Å². The number of benzene rings is 1. The highest BCUT2D eigenvalue weighted by Gasteiger charge is 2.56. The van der Waals surface area contributed by atoms with Gasteiger partial charge in [0.05, 0.1) is 5.56 Å². The minimum Gasteiger partial charge on any atom is -0.335 e. The van der Waals surface area contributed by atoms with E-state index in [1.54, 1.807) is 6.07 Å². The van der Waals surface area contributed by atoms with Crippen LogP contribution in [0.3, 0.4) is 0 Å². The molecule has 1 aromatic carbocycles. The SMILES string of the molecule is CC1(C)[C@H]2Cc3ccccc3[C@]1(C)CCN2C(=O)c1ccc(=O)[nH]c1. The summed E-state index contributed by atoms with van der Waals surface area (Å²) < 4.78 is 0. The van der Waals surface area contributed by atoms with Crippen molar-refractivity contribution in [2.75, 3.05) is 6.54 Å². The second-order valence-corrected chi connectivity index (χ2v) is 8.12. The van der Waals surface area contributed by atoms with E-state index in [0.717, 1.165) is 19.4 Å². The molecular formula is C21H24N2O2. The van der Waals surface area contributed by atoms with Gasteiger partial charge < -0.3 is 9.88 Å². The van der Waals surface area contributed by atoms with Crippen LogP contribution in [0, 0.1) is 5.41 Å². The van der Waals surface area contributed by atoms with Crippen molar-refractivity contribution in [2.45, 2.75) is 45.1 Å². The molecule has 2 bridgehead atoms. The number of carbonyl (C=O) groups excluding carboxylic acids is 1.